The maximum atomic E-state index is 8.39. The van der Waals surface area contributed by atoms with E-state index in [2.05, 4.69) is 149 Å². The first-order chi connectivity index (χ1) is 26.0. The van der Waals surface area contributed by atoms with Crippen molar-refractivity contribution < 1.29 is 24.2 Å². The van der Waals surface area contributed by atoms with Crippen molar-refractivity contribution in [2.24, 2.45) is 0 Å². The average Bonchev–Trinajstić information content (AvgIpc) is 3.70. The van der Waals surface area contributed by atoms with Crippen molar-refractivity contribution in [3.63, 3.8) is 0 Å². The fourth-order valence-corrected chi connectivity index (χ4v) is 10.4. The van der Waals surface area contributed by atoms with Crippen LogP contribution in [0, 0.1) is 25.7 Å². The number of anilines is 3. The van der Waals surface area contributed by atoms with Crippen LogP contribution in [0.3, 0.4) is 0 Å². The molecular weight excluding hydrogens is 825 g/mol. The SMILES string of the molecule is CN1[CH-]N2c3[c-]cccc3C(C)(C)c3cccc1c32.[2H]C([2H])([2H])c1ccc2c3c1c1ccc[c-]c1c1nc4c(n13)C(C)(CC(C)(C)c1ccccc1-4)C2(C)C.[Ir+3]. The third-order valence-corrected chi connectivity index (χ3v) is 13.3. The zero-order valence-corrected chi connectivity index (χ0v) is 34.0. The molecule has 3 aliphatic heterocycles. The van der Waals surface area contributed by atoms with Crippen LogP contribution in [-0.4, -0.2) is 16.4 Å². The average molecular weight is 873 g/mol. The smallest absolute Gasteiger partial charge is 0.504 e. The molecule has 1 atom stereocenters. The number of fused-ring (bicyclic) bond motifs is 7. The van der Waals surface area contributed by atoms with Gasteiger partial charge >= 0.3 is 20.1 Å². The molecule has 53 heavy (non-hydrogen) atoms. The number of rotatable bonds is 0. The number of hydrogen-bond acceptors (Lipinski definition) is 3. The number of imidazole rings is 1. The van der Waals surface area contributed by atoms with Crippen molar-refractivity contribution in [2.75, 3.05) is 16.8 Å². The van der Waals surface area contributed by atoms with E-state index in [1.807, 2.05) is 30.3 Å². The summed E-state index contributed by atoms with van der Waals surface area (Å²) in [6, 6.07) is 38.2. The molecule has 0 saturated carbocycles. The van der Waals surface area contributed by atoms with Gasteiger partial charge < -0.3 is 14.2 Å². The number of aryl methyl sites for hydroxylation is 1. The number of hydrogen-bond donors (Lipinski definition) is 0. The summed E-state index contributed by atoms with van der Waals surface area (Å²) >= 11 is 0. The summed E-state index contributed by atoms with van der Waals surface area (Å²) in [6.07, 6.45) is 0.948. The summed E-state index contributed by atoms with van der Waals surface area (Å²) < 4.78 is 27.5. The predicted octanol–water partition coefficient (Wildman–Crippen LogP) is 11.5. The molecule has 2 aromatic heterocycles. The van der Waals surface area contributed by atoms with Crippen molar-refractivity contribution in [2.45, 2.75) is 83.4 Å². The molecule has 0 bridgehead atoms. The van der Waals surface area contributed by atoms with Gasteiger partial charge in [-0.05, 0) is 59.3 Å². The summed E-state index contributed by atoms with van der Waals surface area (Å²) in [5, 5.41) is 2.58. The van der Waals surface area contributed by atoms with Crippen LogP contribution in [0.1, 0.15) is 92.5 Å². The number of para-hydroxylation sites is 2. The van der Waals surface area contributed by atoms with Gasteiger partial charge in [0.25, 0.3) is 0 Å². The van der Waals surface area contributed by atoms with E-state index in [1.54, 1.807) is 0 Å². The Morgan fingerprint density at radius 2 is 1.53 bits per heavy atom. The second kappa shape index (κ2) is 11.1. The molecular formula is C48H45IrN4. The van der Waals surface area contributed by atoms with Crippen LogP contribution in [0.4, 0.5) is 17.1 Å². The summed E-state index contributed by atoms with van der Waals surface area (Å²) in [7, 11) is 2.10. The maximum absolute atomic E-state index is 8.39. The van der Waals surface area contributed by atoms with Crippen LogP contribution in [-0.2, 0) is 41.8 Å². The van der Waals surface area contributed by atoms with E-state index in [4.69, 9.17) is 9.10 Å². The van der Waals surface area contributed by atoms with Crippen LogP contribution in [0.15, 0.2) is 91.0 Å². The monoisotopic (exact) mass is 873 g/mol. The molecule has 4 aliphatic rings. The Balaban J connectivity index is 0.000000172. The summed E-state index contributed by atoms with van der Waals surface area (Å²) in [5.41, 5.74) is 14.1. The fraction of sp³-hybridized carbons (Fsp3) is 0.292. The fourth-order valence-electron chi connectivity index (χ4n) is 10.4. The van der Waals surface area contributed by atoms with Gasteiger partial charge in [-0.3, -0.25) is 4.98 Å². The first-order valence-corrected chi connectivity index (χ1v) is 18.4. The molecule has 11 rings (SSSR count). The molecule has 0 radical (unpaired) electrons. The predicted molar refractivity (Wildman–Crippen MR) is 216 cm³/mol. The minimum Gasteiger partial charge on any atom is -0.504 e. The Kier molecular flexibility index (Phi) is 6.46. The Morgan fingerprint density at radius 3 is 2.34 bits per heavy atom. The van der Waals surface area contributed by atoms with Gasteiger partial charge in [0.2, 0.25) is 0 Å². The maximum Gasteiger partial charge on any atom is 3.00 e. The standard InChI is InChI=1S/C31H29N2.C17H16N2.Ir/c1-18-15-16-23-26-24(18)19-11-7-8-12-20(19)28-32-25-21-13-9-10-14-22(21)29(2,3)17-31(6,30(23,4)5)27(25)33(26)28;1-17(2)12-7-4-5-9-14(12)19-11-18(3)15-10-6-8-13(17)16(15)19;/h7-11,13-16H,17H2,1-6H3;4-8,10-11H,1-3H3;/q-1;-2;+3/i1D3;;. The molecule has 1 aliphatic carbocycles. The zero-order chi connectivity index (χ0) is 38.6. The molecule has 0 saturated heterocycles. The molecule has 0 amide bonds. The van der Waals surface area contributed by atoms with E-state index in [9.17, 15) is 0 Å². The quantitative estimate of drug-likeness (QED) is 0.112. The molecule has 5 heteroatoms. The van der Waals surface area contributed by atoms with Crippen LogP contribution < -0.4 is 9.80 Å². The molecule has 0 N–H and O–H groups in total. The van der Waals surface area contributed by atoms with E-state index < -0.39 is 6.85 Å². The van der Waals surface area contributed by atoms with Crippen molar-refractivity contribution in [3.05, 3.63) is 143 Å². The van der Waals surface area contributed by atoms with Gasteiger partial charge in [0.1, 0.15) is 0 Å². The molecule has 0 fully saturated rings. The Bertz CT molecular complexity index is 2790. The van der Waals surface area contributed by atoms with Gasteiger partial charge in [0.05, 0.1) is 11.3 Å². The van der Waals surface area contributed by atoms with Gasteiger partial charge in [0.15, 0.2) is 0 Å². The Labute approximate surface area is 331 Å². The molecule has 7 aromatic rings. The second-order valence-electron chi connectivity index (χ2n) is 17.2. The zero-order valence-electron chi connectivity index (χ0n) is 34.6. The van der Waals surface area contributed by atoms with Crippen LogP contribution in [0.25, 0.3) is 38.6 Å². The molecule has 4 nitrogen and oxygen atoms in total. The molecule has 1 unspecified atom stereocenters. The van der Waals surface area contributed by atoms with Crippen molar-refractivity contribution in [1.29, 1.82) is 0 Å². The van der Waals surface area contributed by atoms with Crippen LogP contribution in [0.2, 0.25) is 0 Å². The summed E-state index contributed by atoms with van der Waals surface area (Å²) in [6.45, 7) is 16.3. The molecule has 266 valence electrons. The minimum atomic E-state index is -2.23. The van der Waals surface area contributed by atoms with Crippen molar-refractivity contribution in [3.8, 4) is 11.3 Å². The topological polar surface area (TPSA) is 23.8 Å². The summed E-state index contributed by atoms with van der Waals surface area (Å²) in [5.74, 6) is 0. The van der Waals surface area contributed by atoms with Crippen molar-refractivity contribution >= 4 is 44.4 Å². The normalized spacial score (nSPS) is 21.4. The van der Waals surface area contributed by atoms with E-state index in [1.165, 1.54) is 50.6 Å². The van der Waals surface area contributed by atoms with Gasteiger partial charge in [-0.15, -0.1) is 40.9 Å². The van der Waals surface area contributed by atoms with E-state index >= 15 is 0 Å². The van der Waals surface area contributed by atoms with Gasteiger partial charge in [-0.2, -0.15) is 30.9 Å². The Morgan fingerprint density at radius 1 is 0.792 bits per heavy atom. The van der Waals surface area contributed by atoms with E-state index in [-0.39, 0.29) is 41.8 Å². The molecule has 5 heterocycles. The summed E-state index contributed by atoms with van der Waals surface area (Å²) in [4.78, 5) is 9.83. The van der Waals surface area contributed by atoms with Gasteiger partial charge in [-0.1, -0.05) is 108 Å². The van der Waals surface area contributed by atoms with E-state index in [0.29, 0.717) is 5.56 Å². The third kappa shape index (κ3) is 4.24. The molecule has 5 aromatic carbocycles. The second-order valence-corrected chi connectivity index (χ2v) is 17.2. The van der Waals surface area contributed by atoms with Crippen LogP contribution >= 0.6 is 0 Å². The molecule has 0 spiro atoms. The first-order valence-electron chi connectivity index (χ1n) is 19.9. The minimum absolute atomic E-state index is 0. The number of nitrogens with zero attached hydrogens (tertiary/aromatic N) is 4. The number of benzene rings is 5. The number of aromatic nitrogens is 2. The number of pyridine rings is 1. The van der Waals surface area contributed by atoms with Crippen molar-refractivity contribution in [1.82, 2.24) is 9.38 Å². The van der Waals surface area contributed by atoms with E-state index in [0.717, 1.165) is 39.4 Å². The Hall–Kier alpha value is -4.44. The van der Waals surface area contributed by atoms with Crippen LogP contribution in [0.5, 0.6) is 0 Å². The largest absolute Gasteiger partial charge is 3.00 e. The third-order valence-electron chi connectivity index (χ3n) is 13.3. The van der Waals surface area contributed by atoms with Gasteiger partial charge in [-0.25, -0.2) is 0 Å². The first kappa shape index (κ1) is 31.0. The van der Waals surface area contributed by atoms with Gasteiger partial charge in [0, 0.05) is 43.1 Å².